The Hall–Kier alpha value is -1.85. The van der Waals surface area contributed by atoms with E-state index in [1.807, 2.05) is 0 Å². The highest BCUT2D eigenvalue weighted by Gasteiger charge is 2.44. The number of aliphatic hydroxyl groups excluding tert-OH is 3. The third kappa shape index (κ3) is 2.43. The van der Waals surface area contributed by atoms with Gasteiger partial charge in [0.15, 0.2) is 23.2 Å². The first kappa shape index (κ1) is 15.7. The fourth-order valence-corrected chi connectivity index (χ4v) is 3.14. The van der Waals surface area contributed by atoms with Gasteiger partial charge in [-0.1, -0.05) is 0 Å². The summed E-state index contributed by atoms with van der Waals surface area (Å²) >= 11 is 0. The van der Waals surface area contributed by atoms with Crippen LogP contribution in [0.15, 0.2) is 12.7 Å². The topological polar surface area (TPSA) is 126 Å². The van der Waals surface area contributed by atoms with Crippen LogP contribution in [0.25, 0.3) is 11.2 Å². The van der Waals surface area contributed by atoms with Gasteiger partial charge in [-0.15, -0.1) is 0 Å². The molecular weight excluding hydrogens is 318 g/mol. The predicted molar refractivity (Wildman–Crippen MR) is 81.4 cm³/mol. The molecule has 24 heavy (non-hydrogen) atoms. The van der Waals surface area contributed by atoms with Gasteiger partial charge < -0.3 is 29.7 Å². The second-order valence-corrected chi connectivity index (χ2v) is 5.85. The second kappa shape index (κ2) is 6.22. The number of hydrogen-bond donors (Lipinski definition) is 3. The molecule has 2 aromatic heterocycles. The van der Waals surface area contributed by atoms with Crippen molar-refractivity contribution < 1.29 is 24.8 Å². The molecule has 0 bridgehead atoms. The van der Waals surface area contributed by atoms with Crippen LogP contribution >= 0.6 is 0 Å². The Morgan fingerprint density at radius 3 is 2.62 bits per heavy atom. The maximum Gasteiger partial charge on any atom is 0.167 e. The molecule has 10 heteroatoms. The smallest absolute Gasteiger partial charge is 0.167 e. The summed E-state index contributed by atoms with van der Waals surface area (Å²) in [6.07, 6.45) is -1.12. The number of anilines is 1. The van der Waals surface area contributed by atoms with Gasteiger partial charge >= 0.3 is 0 Å². The highest BCUT2D eigenvalue weighted by Crippen LogP contribution is 2.32. The van der Waals surface area contributed by atoms with Crippen LogP contribution in [-0.4, -0.2) is 86.1 Å². The number of rotatable bonds is 3. The zero-order chi connectivity index (χ0) is 16.7. The van der Waals surface area contributed by atoms with Crippen molar-refractivity contribution in [2.24, 2.45) is 0 Å². The maximum absolute atomic E-state index is 10.2. The highest BCUT2D eigenvalue weighted by molar-refractivity contribution is 5.83. The van der Waals surface area contributed by atoms with Crippen molar-refractivity contribution in [3.05, 3.63) is 12.7 Å². The average molecular weight is 337 g/mol. The molecule has 4 rings (SSSR count). The first-order chi connectivity index (χ1) is 11.7. The van der Waals surface area contributed by atoms with Crippen LogP contribution in [0.4, 0.5) is 5.82 Å². The molecule has 2 aliphatic rings. The Balaban J connectivity index is 1.71. The van der Waals surface area contributed by atoms with Gasteiger partial charge in [0, 0.05) is 13.1 Å². The lowest BCUT2D eigenvalue weighted by Gasteiger charge is -2.27. The van der Waals surface area contributed by atoms with Crippen LogP contribution in [0, 0.1) is 0 Å². The molecule has 10 nitrogen and oxygen atoms in total. The van der Waals surface area contributed by atoms with Gasteiger partial charge in [0.2, 0.25) is 0 Å². The molecule has 4 heterocycles. The number of morpholine rings is 1. The van der Waals surface area contributed by atoms with Crippen molar-refractivity contribution in [3.63, 3.8) is 0 Å². The average Bonchev–Trinajstić information content (AvgIpc) is 3.17. The van der Waals surface area contributed by atoms with E-state index in [1.54, 1.807) is 4.57 Å². The number of hydrogen-bond acceptors (Lipinski definition) is 9. The van der Waals surface area contributed by atoms with E-state index in [2.05, 4.69) is 19.9 Å². The first-order valence-electron chi connectivity index (χ1n) is 7.83. The molecule has 0 radical (unpaired) electrons. The summed E-state index contributed by atoms with van der Waals surface area (Å²) in [6, 6.07) is 0. The van der Waals surface area contributed by atoms with E-state index in [1.165, 1.54) is 12.7 Å². The second-order valence-electron chi connectivity index (χ2n) is 5.85. The van der Waals surface area contributed by atoms with Crippen molar-refractivity contribution in [3.8, 4) is 0 Å². The normalized spacial score (nSPS) is 31.0. The summed E-state index contributed by atoms with van der Waals surface area (Å²) in [7, 11) is 0. The van der Waals surface area contributed by atoms with Crippen LogP contribution in [0.2, 0.25) is 0 Å². The number of aromatic nitrogens is 4. The molecule has 3 N–H and O–H groups in total. The Labute approximate surface area is 137 Å². The lowest BCUT2D eigenvalue weighted by molar-refractivity contribution is -0.0511. The van der Waals surface area contributed by atoms with Crippen molar-refractivity contribution in [2.75, 3.05) is 37.8 Å². The van der Waals surface area contributed by atoms with Crippen LogP contribution in [0.1, 0.15) is 6.23 Å². The molecule has 130 valence electrons. The lowest BCUT2D eigenvalue weighted by Crippen LogP contribution is -2.37. The summed E-state index contributed by atoms with van der Waals surface area (Å²) in [5.41, 5.74) is 1.10. The quantitative estimate of drug-likeness (QED) is 0.599. The van der Waals surface area contributed by atoms with Gasteiger partial charge in [0.1, 0.15) is 24.6 Å². The van der Waals surface area contributed by atoms with E-state index in [9.17, 15) is 15.3 Å². The maximum atomic E-state index is 10.2. The summed E-state index contributed by atoms with van der Waals surface area (Å²) < 4.78 is 12.5. The molecule has 2 aliphatic heterocycles. The standard InChI is InChI=1S/C14H19N5O5/c20-5-8-10(21)11(22)14(24-8)19-7-17-9-12(15-6-16-13(9)19)18-1-3-23-4-2-18/h6-8,10-11,14,20-22H,1-5H2/t8-,10-,11+,14+/m1/s1. The summed E-state index contributed by atoms with van der Waals surface area (Å²) in [5, 5.41) is 29.4. The Kier molecular flexibility index (Phi) is 4.06. The molecule has 2 saturated heterocycles. The van der Waals surface area contributed by atoms with Crippen LogP contribution < -0.4 is 4.90 Å². The largest absolute Gasteiger partial charge is 0.394 e. The lowest BCUT2D eigenvalue weighted by atomic mass is 10.1. The van der Waals surface area contributed by atoms with E-state index in [-0.39, 0.29) is 6.61 Å². The predicted octanol–water partition coefficient (Wildman–Crippen LogP) is -1.73. The van der Waals surface area contributed by atoms with Crippen molar-refractivity contribution >= 4 is 17.0 Å². The minimum Gasteiger partial charge on any atom is -0.394 e. The molecule has 0 spiro atoms. The monoisotopic (exact) mass is 337 g/mol. The molecule has 0 saturated carbocycles. The minimum atomic E-state index is -1.18. The third-order valence-corrected chi connectivity index (χ3v) is 4.44. The fraction of sp³-hybridized carbons (Fsp3) is 0.643. The summed E-state index contributed by atoms with van der Waals surface area (Å²) in [6.45, 7) is 2.30. The molecule has 2 fully saturated rings. The third-order valence-electron chi connectivity index (χ3n) is 4.44. The summed E-state index contributed by atoms with van der Waals surface area (Å²) in [5.74, 6) is 0.703. The van der Waals surface area contributed by atoms with Crippen molar-refractivity contribution in [1.29, 1.82) is 0 Å². The molecule has 0 aliphatic carbocycles. The Bertz CT molecular complexity index is 719. The van der Waals surface area contributed by atoms with Gasteiger partial charge in [-0.2, -0.15) is 0 Å². The number of fused-ring (bicyclic) bond motifs is 1. The number of ether oxygens (including phenoxy) is 2. The zero-order valence-electron chi connectivity index (χ0n) is 12.9. The van der Waals surface area contributed by atoms with Gasteiger partial charge in [0.05, 0.1) is 26.1 Å². The fourth-order valence-electron chi connectivity index (χ4n) is 3.14. The summed E-state index contributed by atoms with van der Waals surface area (Å²) in [4.78, 5) is 15.0. The van der Waals surface area contributed by atoms with Gasteiger partial charge in [-0.25, -0.2) is 15.0 Å². The molecule has 2 aromatic rings. The molecule has 0 unspecified atom stereocenters. The van der Waals surface area contributed by atoms with Crippen LogP contribution in [0.3, 0.4) is 0 Å². The number of nitrogens with zero attached hydrogens (tertiary/aromatic N) is 5. The van der Waals surface area contributed by atoms with Gasteiger partial charge in [-0.3, -0.25) is 4.57 Å². The zero-order valence-corrected chi connectivity index (χ0v) is 12.9. The van der Waals surface area contributed by atoms with E-state index >= 15 is 0 Å². The molecule has 4 atom stereocenters. The van der Waals surface area contributed by atoms with Crippen molar-refractivity contribution in [2.45, 2.75) is 24.5 Å². The Morgan fingerprint density at radius 2 is 1.92 bits per heavy atom. The van der Waals surface area contributed by atoms with Crippen molar-refractivity contribution in [1.82, 2.24) is 19.5 Å². The highest BCUT2D eigenvalue weighted by atomic mass is 16.6. The SMILES string of the molecule is OC[C@H]1O[C@H](n2cnc3c(N4CCOCC4)ncnc32)[C@@H](O)[C@@H]1O. The van der Waals surface area contributed by atoms with Gasteiger partial charge in [-0.05, 0) is 0 Å². The van der Waals surface area contributed by atoms with Gasteiger partial charge in [0.25, 0.3) is 0 Å². The van der Waals surface area contributed by atoms with E-state index in [4.69, 9.17) is 9.47 Å². The Morgan fingerprint density at radius 1 is 1.12 bits per heavy atom. The number of aliphatic hydroxyl groups is 3. The molecule has 0 amide bonds. The van der Waals surface area contributed by atoms with E-state index in [0.29, 0.717) is 43.3 Å². The van der Waals surface area contributed by atoms with E-state index < -0.39 is 24.5 Å². The minimum absolute atomic E-state index is 0.380. The molecule has 0 aromatic carbocycles. The molecular formula is C14H19N5O5. The number of imidazole rings is 1. The van der Waals surface area contributed by atoms with E-state index in [0.717, 1.165) is 0 Å². The first-order valence-corrected chi connectivity index (χ1v) is 7.83. The van der Waals surface area contributed by atoms with Crippen LogP contribution in [0.5, 0.6) is 0 Å². The van der Waals surface area contributed by atoms with Crippen LogP contribution in [-0.2, 0) is 9.47 Å².